The lowest BCUT2D eigenvalue weighted by molar-refractivity contribution is -0.121. The minimum Gasteiger partial charge on any atom is -0.350 e. The van der Waals surface area contributed by atoms with Crippen LogP contribution in [0.3, 0.4) is 0 Å². The van der Waals surface area contributed by atoms with Gasteiger partial charge >= 0.3 is 0 Å². The quantitative estimate of drug-likeness (QED) is 0.760. The largest absolute Gasteiger partial charge is 0.350 e. The van der Waals surface area contributed by atoms with Gasteiger partial charge in [0.15, 0.2) is 0 Å². The van der Waals surface area contributed by atoms with Gasteiger partial charge in [-0.2, -0.15) is 0 Å². The van der Waals surface area contributed by atoms with Crippen LogP contribution in [0.25, 0.3) is 0 Å². The summed E-state index contributed by atoms with van der Waals surface area (Å²) in [6, 6.07) is 6.39. The summed E-state index contributed by atoms with van der Waals surface area (Å²) in [5, 5.41) is 3.04. The van der Waals surface area contributed by atoms with Crippen molar-refractivity contribution in [1.82, 2.24) is 5.32 Å². The molecule has 0 saturated carbocycles. The zero-order valence-electron chi connectivity index (χ0n) is 11.6. The second-order valence-electron chi connectivity index (χ2n) is 4.90. The van der Waals surface area contributed by atoms with Crippen molar-refractivity contribution in [3.8, 4) is 0 Å². The molecular weight excluding hydrogens is 224 g/mol. The van der Waals surface area contributed by atoms with Gasteiger partial charge in [0.2, 0.25) is 5.91 Å². The minimum absolute atomic E-state index is 0.0657. The first kappa shape index (κ1) is 14.7. The van der Waals surface area contributed by atoms with Crippen LogP contribution in [0.4, 0.5) is 0 Å². The average molecular weight is 248 g/mol. The Morgan fingerprint density at radius 2 is 2.06 bits per heavy atom. The van der Waals surface area contributed by atoms with Crippen LogP contribution in [0, 0.1) is 13.8 Å². The van der Waals surface area contributed by atoms with Crippen LogP contribution in [-0.4, -0.2) is 12.5 Å². The van der Waals surface area contributed by atoms with E-state index in [-0.39, 0.29) is 11.9 Å². The van der Waals surface area contributed by atoms with Crippen molar-refractivity contribution in [3.63, 3.8) is 0 Å². The van der Waals surface area contributed by atoms with Crippen molar-refractivity contribution in [2.24, 2.45) is 5.73 Å². The molecular formula is C15H24N2O. The van der Waals surface area contributed by atoms with E-state index in [0.717, 1.165) is 12.8 Å². The predicted octanol–water partition coefficient (Wildman–Crippen LogP) is 2.61. The van der Waals surface area contributed by atoms with Gasteiger partial charge in [-0.3, -0.25) is 4.79 Å². The van der Waals surface area contributed by atoms with Crippen molar-refractivity contribution in [2.45, 2.75) is 46.1 Å². The van der Waals surface area contributed by atoms with Gasteiger partial charge in [0, 0.05) is 6.42 Å². The van der Waals surface area contributed by atoms with E-state index < -0.39 is 0 Å². The summed E-state index contributed by atoms with van der Waals surface area (Å²) in [6.45, 7) is 6.84. The van der Waals surface area contributed by atoms with Crippen LogP contribution in [0.1, 0.15) is 48.9 Å². The Balaban J connectivity index is 2.54. The fraction of sp³-hybridized carbons (Fsp3) is 0.533. The van der Waals surface area contributed by atoms with Crippen molar-refractivity contribution >= 4 is 5.91 Å². The molecule has 0 bridgehead atoms. The van der Waals surface area contributed by atoms with Gasteiger partial charge in [0.25, 0.3) is 0 Å². The van der Waals surface area contributed by atoms with Crippen LogP contribution < -0.4 is 11.1 Å². The molecule has 1 aromatic carbocycles. The molecule has 0 aromatic heterocycles. The number of hydrogen-bond donors (Lipinski definition) is 2. The highest BCUT2D eigenvalue weighted by atomic mass is 16.1. The molecule has 0 radical (unpaired) electrons. The zero-order chi connectivity index (χ0) is 13.5. The molecule has 18 heavy (non-hydrogen) atoms. The van der Waals surface area contributed by atoms with E-state index in [2.05, 4.69) is 37.4 Å². The highest BCUT2D eigenvalue weighted by molar-refractivity contribution is 5.76. The number of hydrogen-bond acceptors (Lipinski definition) is 2. The lowest BCUT2D eigenvalue weighted by Crippen LogP contribution is -2.26. The van der Waals surface area contributed by atoms with Crippen molar-refractivity contribution in [2.75, 3.05) is 6.54 Å². The Hall–Kier alpha value is -1.35. The van der Waals surface area contributed by atoms with Gasteiger partial charge in [-0.15, -0.1) is 0 Å². The van der Waals surface area contributed by atoms with Crippen LogP contribution in [0.5, 0.6) is 0 Å². The third-order valence-corrected chi connectivity index (χ3v) is 3.13. The van der Waals surface area contributed by atoms with Gasteiger partial charge in [-0.1, -0.05) is 23.8 Å². The number of carbonyl (C=O) groups excluding carboxylic acids is 1. The third-order valence-electron chi connectivity index (χ3n) is 3.13. The first-order chi connectivity index (χ1) is 8.54. The molecule has 1 aromatic rings. The summed E-state index contributed by atoms with van der Waals surface area (Å²) >= 11 is 0. The van der Waals surface area contributed by atoms with Crippen LogP contribution in [-0.2, 0) is 4.79 Å². The van der Waals surface area contributed by atoms with Crippen LogP contribution in [0.15, 0.2) is 18.2 Å². The molecule has 1 rings (SSSR count). The average Bonchev–Trinajstić information content (AvgIpc) is 2.28. The Labute approximate surface area is 110 Å². The normalized spacial score (nSPS) is 12.2. The summed E-state index contributed by atoms with van der Waals surface area (Å²) in [6.07, 6.45) is 2.33. The van der Waals surface area contributed by atoms with Crippen LogP contribution >= 0.6 is 0 Å². The summed E-state index contributed by atoms with van der Waals surface area (Å²) in [5.74, 6) is 0.107. The summed E-state index contributed by atoms with van der Waals surface area (Å²) < 4.78 is 0. The fourth-order valence-corrected chi connectivity index (χ4v) is 2.13. The molecule has 3 N–H and O–H groups in total. The molecule has 1 unspecified atom stereocenters. The molecule has 0 aliphatic carbocycles. The highest BCUT2D eigenvalue weighted by Gasteiger charge is 2.11. The zero-order valence-corrected chi connectivity index (χ0v) is 11.6. The number of aryl methyl sites for hydroxylation is 2. The monoisotopic (exact) mass is 248 g/mol. The molecule has 1 atom stereocenters. The van der Waals surface area contributed by atoms with Gasteiger partial charge in [0.1, 0.15) is 0 Å². The van der Waals surface area contributed by atoms with E-state index in [9.17, 15) is 4.79 Å². The number of nitrogens with two attached hydrogens (primary N) is 1. The Bertz CT molecular complexity index is 401. The van der Waals surface area contributed by atoms with Gasteiger partial charge in [0.05, 0.1) is 6.04 Å². The molecule has 0 spiro atoms. The number of amides is 1. The van der Waals surface area contributed by atoms with E-state index in [1.54, 1.807) is 0 Å². The Kier molecular flexibility index (Phi) is 5.86. The maximum absolute atomic E-state index is 11.7. The number of rotatable bonds is 6. The molecule has 0 saturated heterocycles. The molecule has 3 heteroatoms. The van der Waals surface area contributed by atoms with E-state index in [1.807, 2.05) is 6.92 Å². The Morgan fingerprint density at radius 3 is 2.67 bits per heavy atom. The van der Waals surface area contributed by atoms with Crippen molar-refractivity contribution in [3.05, 3.63) is 34.9 Å². The molecule has 0 heterocycles. The first-order valence-corrected chi connectivity index (χ1v) is 6.61. The molecule has 100 valence electrons. The van der Waals surface area contributed by atoms with E-state index >= 15 is 0 Å². The SMILES string of the molecule is Cc1ccc(C(C)NC(=O)CCCCN)c(C)c1. The molecule has 0 fully saturated rings. The molecule has 0 aliphatic rings. The van der Waals surface area contributed by atoms with Crippen LogP contribution in [0.2, 0.25) is 0 Å². The lowest BCUT2D eigenvalue weighted by Gasteiger charge is -2.17. The van der Waals surface area contributed by atoms with E-state index in [1.165, 1.54) is 16.7 Å². The maximum Gasteiger partial charge on any atom is 0.220 e. The fourth-order valence-electron chi connectivity index (χ4n) is 2.13. The second-order valence-corrected chi connectivity index (χ2v) is 4.90. The predicted molar refractivity (Wildman–Crippen MR) is 75.4 cm³/mol. The standard InChI is InChI=1S/C15H24N2O/c1-11-7-8-14(12(2)10-11)13(3)17-15(18)6-4-5-9-16/h7-8,10,13H,4-6,9,16H2,1-3H3,(H,17,18). The molecule has 3 nitrogen and oxygen atoms in total. The van der Waals surface area contributed by atoms with Crippen molar-refractivity contribution < 1.29 is 4.79 Å². The topological polar surface area (TPSA) is 55.1 Å². The Morgan fingerprint density at radius 1 is 1.33 bits per heavy atom. The second kappa shape index (κ2) is 7.17. The van der Waals surface area contributed by atoms with Gasteiger partial charge in [-0.25, -0.2) is 0 Å². The van der Waals surface area contributed by atoms with E-state index in [0.29, 0.717) is 13.0 Å². The molecule has 0 aliphatic heterocycles. The van der Waals surface area contributed by atoms with Gasteiger partial charge < -0.3 is 11.1 Å². The maximum atomic E-state index is 11.7. The summed E-state index contributed by atoms with van der Waals surface area (Å²) in [7, 11) is 0. The highest BCUT2D eigenvalue weighted by Crippen LogP contribution is 2.18. The van der Waals surface area contributed by atoms with Crippen molar-refractivity contribution in [1.29, 1.82) is 0 Å². The van der Waals surface area contributed by atoms with Gasteiger partial charge in [-0.05, 0) is 51.3 Å². The lowest BCUT2D eigenvalue weighted by atomic mass is 10.00. The number of unbranched alkanes of at least 4 members (excludes halogenated alkanes) is 1. The van der Waals surface area contributed by atoms with E-state index in [4.69, 9.17) is 5.73 Å². The number of carbonyl (C=O) groups is 1. The minimum atomic E-state index is 0.0657. The third kappa shape index (κ3) is 4.49. The summed E-state index contributed by atoms with van der Waals surface area (Å²) in [5.41, 5.74) is 9.07. The first-order valence-electron chi connectivity index (χ1n) is 6.61. The molecule has 1 amide bonds. The number of nitrogens with one attached hydrogen (secondary N) is 1. The number of benzene rings is 1. The smallest absolute Gasteiger partial charge is 0.220 e. The summed E-state index contributed by atoms with van der Waals surface area (Å²) in [4.78, 5) is 11.7.